The van der Waals surface area contributed by atoms with Gasteiger partial charge < -0.3 is 15.2 Å². The van der Waals surface area contributed by atoms with Gasteiger partial charge in [-0.3, -0.25) is 9.36 Å². The Kier molecular flexibility index (Phi) is 5.55. The Hall–Kier alpha value is -4.27. The van der Waals surface area contributed by atoms with E-state index in [-0.39, 0.29) is 17.0 Å². The molecule has 0 aliphatic carbocycles. The fourth-order valence-corrected chi connectivity index (χ4v) is 4.91. The van der Waals surface area contributed by atoms with Crippen LogP contribution in [0.2, 0.25) is 0 Å². The van der Waals surface area contributed by atoms with Crippen LogP contribution in [0.15, 0.2) is 58.9 Å². The van der Waals surface area contributed by atoms with Crippen LogP contribution in [0.4, 0.5) is 0 Å². The third-order valence-corrected chi connectivity index (χ3v) is 6.37. The van der Waals surface area contributed by atoms with Crippen LogP contribution < -0.4 is 30.0 Å². The summed E-state index contributed by atoms with van der Waals surface area (Å²) in [5, 5.41) is 20.0. The second-order valence-corrected chi connectivity index (χ2v) is 7.94. The van der Waals surface area contributed by atoms with Gasteiger partial charge in [0.15, 0.2) is 0 Å². The van der Waals surface area contributed by atoms with Gasteiger partial charge in [-0.25, -0.2) is 0 Å². The predicted molar refractivity (Wildman–Crippen MR) is 122 cm³/mol. The van der Waals surface area contributed by atoms with Crippen molar-refractivity contribution in [3.8, 4) is 23.6 Å². The van der Waals surface area contributed by atoms with Crippen LogP contribution in [0.5, 0.6) is 11.5 Å². The maximum atomic E-state index is 13.2. The van der Waals surface area contributed by atoms with E-state index in [4.69, 9.17) is 15.2 Å². The lowest BCUT2D eigenvalue weighted by molar-refractivity contribution is 0.409. The van der Waals surface area contributed by atoms with Gasteiger partial charge >= 0.3 is 0 Å². The average molecular weight is 443 g/mol. The molecular weight excluding hydrogens is 424 g/mol. The normalized spacial score (nSPS) is 15.7. The minimum Gasteiger partial charge on any atom is -0.496 e. The molecule has 1 aliphatic rings. The lowest BCUT2D eigenvalue weighted by Crippen LogP contribution is -2.38. The van der Waals surface area contributed by atoms with Gasteiger partial charge in [0.1, 0.15) is 22.0 Å². The molecule has 0 radical (unpaired) electrons. The van der Waals surface area contributed by atoms with Gasteiger partial charge in [0.05, 0.1) is 48.0 Å². The Morgan fingerprint density at radius 2 is 1.62 bits per heavy atom. The van der Waals surface area contributed by atoms with Crippen molar-refractivity contribution in [2.75, 3.05) is 14.2 Å². The van der Waals surface area contributed by atoms with Gasteiger partial charge in [0.25, 0.3) is 5.56 Å². The molecule has 0 bridgehead atoms. The van der Waals surface area contributed by atoms with Gasteiger partial charge in [0, 0.05) is 11.1 Å². The van der Waals surface area contributed by atoms with Crippen LogP contribution in [0.25, 0.3) is 17.5 Å². The van der Waals surface area contributed by atoms with E-state index >= 15 is 0 Å². The van der Waals surface area contributed by atoms with Crippen molar-refractivity contribution in [2.24, 2.45) is 5.73 Å². The van der Waals surface area contributed by atoms with Gasteiger partial charge in [0.2, 0.25) is 0 Å². The monoisotopic (exact) mass is 442 g/mol. The number of para-hydroxylation sites is 2. The number of hydrogen-bond donors (Lipinski definition) is 1. The van der Waals surface area contributed by atoms with E-state index in [9.17, 15) is 15.3 Å². The molecule has 0 saturated heterocycles. The zero-order chi connectivity index (χ0) is 22.8. The summed E-state index contributed by atoms with van der Waals surface area (Å²) in [4.78, 5) is 13.2. The number of allylic oxidation sites excluding steroid dienone is 1. The number of methoxy groups -OCH3 is 2. The molecule has 2 heterocycles. The number of nitriles is 2. The second kappa shape index (κ2) is 8.46. The van der Waals surface area contributed by atoms with Crippen LogP contribution in [-0.4, -0.2) is 18.8 Å². The zero-order valence-electron chi connectivity index (χ0n) is 17.3. The topological polar surface area (TPSA) is 114 Å². The smallest absolute Gasteiger partial charge is 0.274 e. The molecular formula is C24H18N4O3S. The van der Waals surface area contributed by atoms with Crippen LogP contribution in [0.1, 0.15) is 17.0 Å². The lowest BCUT2D eigenvalue weighted by Gasteiger charge is -2.23. The van der Waals surface area contributed by atoms with E-state index in [0.717, 1.165) is 11.3 Å². The Morgan fingerprint density at radius 1 is 1.00 bits per heavy atom. The highest BCUT2D eigenvalue weighted by molar-refractivity contribution is 7.07. The summed E-state index contributed by atoms with van der Waals surface area (Å²) in [6.45, 7) is 0. The molecule has 0 fully saturated rings. The number of thiazole rings is 1. The van der Waals surface area contributed by atoms with Crippen LogP contribution in [0.3, 0.4) is 0 Å². The number of benzene rings is 2. The third kappa shape index (κ3) is 3.24. The summed E-state index contributed by atoms with van der Waals surface area (Å²) in [6, 6.07) is 18.8. The van der Waals surface area contributed by atoms with Crippen molar-refractivity contribution < 1.29 is 9.47 Å². The Labute approximate surface area is 187 Å². The first kappa shape index (κ1) is 21.0. The van der Waals surface area contributed by atoms with E-state index in [1.165, 1.54) is 11.7 Å². The predicted octanol–water partition coefficient (Wildman–Crippen LogP) is 1.88. The summed E-state index contributed by atoms with van der Waals surface area (Å²) in [5.74, 6) is 0.413. The van der Waals surface area contributed by atoms with Crippen molar-refractivity contribution in [1.82, 2.24) is 4.57 Å². The Balaban J connectivity index is 2.08. The molecule has 1 aromatic heterocycles. The van der Waals surface area contributed by atoms with E-state index < -0.39 is 11.5 Å². The van der Waals surface area contributed by atoms with Gasteiger partial charge in [-0.1, -0.05) is 36.4 Å². The second-order valence-electron chi connectivity index (χ2n) is 6.91. The first-order chi connectivity index (χ1) is 15.5. The fourth-order valence-electron chi connectivity index (χ4n) is 3.79. The Bertz CT molecular complexity index is 1520. The van der Waals surface area contributed by atoms with E-state index in [1.807, 2.05) is 18.2 Å². The van der Waals surface area contributed by atoms with Crippen molar-refractivity contribution in [3.63, 3.8) is 0 Å². The van der Waals surface area contributed by atoms with E-state index in [0.29, 0.717) is 31.8 Å². The molecule has 158 valence electrons. The average Bonchev–Trinajstić information content (AvgIpc) is 3.15. The number of aromatic nitrogens is 1. The van der Waals surface area contributed by atoms with Gasteiger partial charge in [-0.05, 0) is 18.2 Å². The van der Waals surface area contributed by atoms with Crippen molar-refractivity contribution in [2.45, 2.75) is 5.92 Å². The highest BCUT2D eigenvalue weighted by Crippen LogP contribution is 2.39. The molecule has 4 rings (SSSR count). The molecule has 3 aromatic rings. The molecule has 2 N–H and O–H groups in total. The first-order valence-electron chi connectivity index (χ1n) is 9.59. The number of nitrogens with zero attached hydrogens (tertiary/aromatic N) is 3. The van der Waals surface area contributed by atoms with E-state index in [2.05, 4.69) is 12.1 Å². The minimum absolute atomic E-state index is 0.0123. The number of rotatable bonds is 4. The number of hydrogen-bond acceptors (Lipinski definition) is 7. The molecule has 7 nitrogen and oxygen atoms in total. The highest BCUT2D eigenvalue weighted by Gasteiger charge is 2.33. The van der Waals surface area contributed by atoms with Gasteiger partial charge in [-0.15, -0.1) is 11.3 Å². The largest absolute Gasteiger partial charge is 0.496 e. The SMILES string of the molecule is COc1ccccc1C=c1sc2n(c1=O)C(N)=C(C#N)C(c1ccccc1OC)C=2C#N. The number of fused-ring (bicyclic) bond motifs is 1. The Morgan fingerprint density at radius 3 is 2.28 bits per heavy atom. The molecule has 0 spiro atoms. The molecule has 1 unspecified atom stereocenters. The molecule has 0 saturated carbocycles. The maximum Gasteiger partial charge on any atom is 0.274 e. The summed E-state index contributed by atoms with van der Waals surface area (Å²) < 4.78 is 12.8. The molecule has 32 heavy (non-hydrogen) atoms. The van der Waals surface area contributed by atoms with Crippen molar-refractivity contribution >= 4 is 28.8 Å². The summed E-state index contributed by atoms with van der Waals surface area (Å²) in [7, 11) is 3.08. The zero-order valence-corrected chi connectivity index (χ0v) is 18.1. The minimum atomic E-state index is -0.738. The number of ether oxygens (including phenoxy) is 2. The van der Waals surface area contributed by atoms with E-state index in [1.54, 1.807) is 43.5 Å². The molecule has 1 aliphatic heterocycles. The third-order valence-electron chi connectivity index (χ3n) is 5.26. The van der Waals surface area contributed by atoms with Gasteiger partial charge in [-0.2, -0.15) is 10.5 Å². The van der Waals surface area contributed by atoms with Crippen LogP contribution in [-0.2, 0) is 0 Å². The molecule has 1 atom stereocenters. The fraction of sp³-hybridized carbons (Fsp3) is 0.125. The summed E-state index contributed by atoms with van der Waals surface area (Å²) in [5.41, 5.74) is 7.67. The lowest BCUT2D eigenvalue weighted by atomic mass is 9.84. The van der Waals surface area contributed by atoms with Crippen LogP contribution >= 0.6 is 11.3 Å². The van der Waals surface area contributed by atoms with Crippen LogP contribution in [0, 0.1) is 22.7 Å². The molecule has 0 amide bonds. The number of nitrogens with two attached hydrogens (primary N) is 1. The maximum absolute atomic E-state index is 13.2. The highest BCUT2D eigenvalue weighted by atomic mass is 32.1. The first-order valence-corrected chi connectivity index (χ1v) is 10.4. The van der Waals surface area contributed by atoms with Crippen molar-refractivity contribution in [3.05, 3.63) is 84.8 Å². The standard InChI is InChI=1S/C24H18N4O3S/c1-30-18-9-5-3-7-14(18)11-20-23(29)28-22(27)16(12-25)21(17(13-26)24(28)32-20)15-8-4-6-10-19(15)31-2/h3-11,21H,27H2,1-2H3. The molecule has 2 aromatic carbocycles. The summed E-state index contributed by atoms with van der Waals surface area (Å²) >= 11 is 1.15. The summed E-state index contributed by atoms with van der Waals surface area (Å²) in [6.07, 6.45) is 1.70. The quantitative estimate of drug-likeness (QED) is 0.660. The van der Waals surface area contributed by atoms with Crippen molar-refractivity contribution in [1.29, 1.82) is 10.5 Å². The molecule has 8 heteroatoms.